The Hall–Kier alpha value is -3.13. The Bertz CT molecular complexity index is 834. The first-order valence-corrected chi connectivity index (χ1v) is 8.49. The zero-order chi connectivity index (χ0) is 19.2. The van der Waals surface area contributed by atoms with E-state index in [1.807, 2.05) is 0 Å². The van der Waals surface area contributed by atoms with E-state index in [0.717, 1.165) is 0 Å². The number of aromatic nitrogens is 1. The first kappa shape index (κ1) is 18.7. The monoisotopic (exact) mass is 371 g/mol. The van der Waals surface area contributed by atoms with Crippen LogP contribution >= 0.6 is 0 Å². The molecule has 1 aromatic carbocycles. The van der Waals surface area contributed by atoms with Crippen molar-refractivity contribution >= 4 is 17.5 Å². The van der Waals surface area contributed by atoms with Gasteiger partial charge in [-0.05, 0) is 24.3 Å². The standard InChI is InChI=1S/C19H21N3O5/c1-25-16-4-3-14(12-17(16)26-2)21-18(23)13-5-6-20-15(11-13)19(24)22-7-9-27-10-8-22/h3-6,11-12H,7-10H2,1-2H3,(H,21,23). The van der Waals surface area contributed by atoms with Gasteiger partial charge in [0, 0.05) is 36.6 Å². The number of hydrogen-bond donors (Lipinski definition) is 1. The van der Waals surface area contributed by atoms with Crippen LogP contribution in [0.4, 0.5) is 5.69 Å². The number of anilines is 1. The van der Waals surface area contributed by atoms with E-state index >= 15 is 0 Å². The average molecular weight is 371 g/mol. The van der Waals surface area contributed by atoms with Gasteiger partial charge in [-0.3, -0.25) is 14.6 Å². The third kappa shape index (κ3) is 4.35. The van der Waals surface area contributed by atoms with Crippen molar-refractivity contribution in [1.29, 1.82) is 0 Å². The normalized spacial score (nSPS) is 13.8. The second kappa shape index (κ2) is 8.50. The van der Waals surface area contributed by atoms with Crippen molar-refractivity contribution in [3.8, 4) is 11.5 Å². The van der Waals surface area contributed by atoms with E-state index in [9.17, 15) is 9.59 Å². The molecule has 1 aliphatic heterocycles. The number of carbonyl (C=O) groups excluding carboxylic acids is 2. The number of morpholine rings is 1. The molecule has 142 valence electrons. The highest BCUT2D eigenvalue weighted by atomic mass is 16.5. The number of hydrogen-bond acceptors (Lipinski definition) is 6. The van der Waals surface area contributed by atoms with Gasteiger partial charge in [-0.15, -0.1) is 0 Å². The summed E-state index contributed by atoms with van der Waals surface area (Å²) in [4.78, 5) is 30.9. The van der Waals surface area contributed by atoms with Crippen LogP contribution in [-0.4, -0.2) is 62.2 Å². The SMILES string of the molecule is COc1ccc(NC(=O)c2ccnc(C(=O)N3CCOCC3)c2)cc1OC. The Morgan fingerprint density at radius 3 is 2.52 bits per heavy atom. The van der Waals surface area contributed by atoms with E-state index in [1.54, 1.807) is 36.3 Å². The number of ether oxygens (including phenoxy) is 3. The maximum absolute atomic E-state index is 12.6. The highest BCUT2D eigenvalue weighted by Gasteiger charge is 2.20. The summed E-state index contributed by atoms with van der Waals surface area (Å²) in [5.74, 6) is 0.519. The fourth-order valence-electron chi connectivity index (χ4n) is 2.73. The van der Waals surface area contributed by atoms with Gasteiger partial charge in [0.1, 0.15) is 5.69 Å². The molecule has 1 aliphatic rings. The van der Waals surface area contributed by atoms with Gasteiger partial charge < -0.3 is 24.4 Å². The van der Waals surface area contributed by atoms with Gasteiger partial charge in [0.25, 0.3) is 11.8 Å². The van der Waals surface area contributed by atoms with Gasteiger partial charge in [-0.25, -0.2) is 0 Å². The number of nitrogens with one attached hydrogen (secondary N) is 1. The third-order valence-corrected chi connectivity index (χ3v) is 4.18. The Labute approximate surface area is 157 Å². The summed E-state index contributed by atoms with van der Waals surface area (Å²) in [5, 5.41) is 2.78. The molecule has 27 heavy (non-hydrogen) atoms. The minimum Gasteiger partial charge on any atom is -0.493 e. The van der Waals surface area contributed by atoms with Gasteiger partial charge in [-0.2, -0.15) is 0 Å². The molecule has 0 aliphatic carbocycles. The van der Waals surface area contributed by atoms with E-state index in [2.05, 4.69) is 10.3 Å². The Kier molecular flexibility index (Phi) is 5.87. The number of pyridine rings is 1. The average Bonchev–Trinajstić information content (AvgIpc) is 2.73. The van der Waals surface area contributed by atoms with E-state index in [0.29, 0.717) is 49.1 Å². The minimum atomic E-state index is -0.347. The zero-order valence-corrected chi connectivity index (χ0v) is 15.2. The number of nitrogens with zero attached hydrogens (tertiary/aromatic N) is 2. The minimum absolute atomic E-state index is 0.209. The quantitative estimate of drug-likeness (QED) is 0.862. The summed E-state index contributed by atoms with van der Waals surface area (Å²) in [5.41, 5.74) is 1.13. The highest BCUT2D eigenvalue weighted by molar-refractivity contribution is 6.05. The van der Waals surface area contributed by atoms with Crippen LogP contribution in [0.5, 0.6) is 11.5 Å². The van der Waals surface area contributed by atoms with E-state index < -0.39 is 0 Å². The summed E-state index contributed by atoms with van der Waals surface area (Å²) in [6.45, 7) is 2.04. The van der Waals surface area contributed by atoms with Crippen molar-refractivity contribution < 1.29 is 23.8 Å². The zero-order valence-electron chi connectivity index (χ0n) is 15.2. The summed E-state index contributed by atoms with van der Waals surface area (Å²) in [6, 6.07) is 8.13. The Morgan fingerprint density at radius 1 is 1.07 bits per heavy atom. The van der Waals surface area contributed by atoms with Crippen LogP contribution in [0.2, 0.25) is 0 Å². The molecule has 1 N–H and O–H groups in total. The van der Waals surface area contributed by atoms with E-state index in [-0.39, 0.29) is 17.5 Å². The van der Waals surface area contributed by atoms with Gasteiger partial charge >= 0.3 is 0 Å². The molecule has 0 unspecified atom stereocenters. The molecule has 0 spiro atoms. The van der Waals surface area contributed by atoms with Crippen molar-refractivity contribution in [2.24, 2.45) is 0 Å². The van der Waals surface area contributed by atoms with Gasteiger partial charge in [0.15, 0.2) is 11.5 Å². The predicted molar refractivity (Wildman–Crippen MR) is 98.5 cm³/mol. The van der Waals surface area contributed by atoms with Crippen molar-refractivity contribution in [3.05, 3.63) is 47.8 Å². The molecule has 0 bridgehead atoms. The predicted octanol–water partition coefficient (Wildman–Crippen LogP) is 1.82. The summed E-state index contributed by atoms with van der Waals surface area (Å²) >= 11 is 0. The second-order valence-corrected chi connectivity index (χ2v) is 5.86. The first-order valence-electron chi connectivity index (χ1n) is 8.49. The summed E-state index contributed by atoms with van der Waals surface area (Å²) < 4.78 is 15.7. The molecule has 8 heteroatoms. The fraction of sp³-hybridized carbons (Fsp3) is 0.316. The molecule has 0 radical (unpaired) electrons. The molecule has 3 rings (SSSR count). The van der Waals surface area contributed by atoms with Crippen molar-refractivity contribution in [1.82, 2.24) is 9.88 Å². The molecular weight excluding hydrogens is 350 g/mol. The maximum atomic E-state index is 12.6. The number of benzene rings is 1. The Morgan fingerprint density at radius 2 is 1.81 bits per heavy atom. The lowest BCUT2D eigenvalue weighted by Gasteiger charge is -2.26. The smallest absolute Gasteiger partial charge is 0.272 e. The largest absolute Gasteiger partial charge is 0.493 e. The van der Waals surface area contributed by atoms with Crippen molar-refractivity contribution in [2.45, 2.75) is 0 Å². The maximum Gasteiger partial charge on any atom is 0.272 e. The molecular formula is C19H21N3O5. The van der Waals surface area contributed by atoms with Gasteiger partial charge in [-0.1, -0.05) is 0 Å². The third-order valence-electron chi connectivity index (χ3n) is 4.18. The lowest BCUT2D eigenvalue weighted by molar-refractivity contribution is 0.0299. The topological polar surface area (TPSA) is 90.0 Å². The van der Waals surface area contributed by atoms with Crippen molar-refractivity contribution in [3.63, 3.8) is 0 Å². The molecule has 1 fully saturated rings. The van der Waals surface area contributed by atoms with Crippen LogP contribution in [0.15, 0.2) is 36.5 Å². The van der Waals surface area contributed by atoms with Crippen LogP contribution in [0.25, 0.3) is 0 Å². The molecule has 8 nitrogen and oxygen atoms in total. The van der Waals surface area contributed by atoms with Gasteiger partial charge in [0.2, 0.25) is 0 Å². The van der Waals surface area contributed by atoms with Crippen LogP contribution in [-0.2, 0) is 4.74 Å². The molecule has 2 heterocycles. The first-order chi connectivity index (χ1) is 13.1. The lowest BCUT2D eigenvalue weighted by atomic mass is 10.2. The van der Waals surface area contributed by atoms with E-state index in [4.69, 9.17) is 14.2 Å². The van der Waals surface area contributed by atoms with Crippen LogP contribution < -0.4 is 14.8 Å². The van der Waals surface area contributed by atoms with E-state index in [1.165, 1.54) is 19.4 Å². The number of rotatable bonds is 5. The summed E-state index contributed by atoms with van der Waals surface area (Å²) in [7, 11) is 3.07. The Balaban J connectivity index is 1.74. The van der Waals surface area contributed by atoms with Crippen LogP contribution in [0.3, 0.4) is 0 Å². The molecule has 1 aromatic heterocycles. The fourth-order valence-corrected chi connectivity index (χ4v) is 2.73. The molecule has 2 aromatic rings. The number of methoxy groups -OCH3 is 2. The molecule has 0 saturated carbocycles. The van der Waals surface area contributed by atoms with Crippen molar-refractivity contribution in [2.75, 3.05) is 45.8 Å². The number of carbonyl (C=O) groups is 2. The molecule has 1 saturated heterocycles. The summed E-state index contributed by atoms with van der Waals surface area (Å²) in [6.07, 6.45) is 1.46. The highest BCUT2D eigenvalue weighted by Crippen LogP contribution is 2.29. The second-order valence-electron chi connectivity index (χ2n) is 5.86. The van der Waals surface area contributed by atoms with Crippen LogP contribution in [0, 0.1) is 0 Å². The van der Waals surface area contributed by atoms with Crippen LogP contribution in [0.1, 0.15) is 20.8 Å². The molecule has 2 amide bonds. The molecule has 0 atom stereocenters. The number of amides is 2. The lowest BCUT2D eigenvalue weighted by Crippen LogP contribution is -2.41. The van der Waals surface area contributed by atoms with Gasteiger partial charge in [0.05, 0.1) is 27.4 Å².